The maximum absolute atomic E-state index is 5.97. The van der Waals surface area contributed by atoms with E-state index in [1.807, 2.05) is 6.07 Å². The number of rotatable bonds is 4. The monoisotopic (exact) mass is 240 g/mol. The van der Waals surface area contributed by atoms with Gasteiger partial charge >= 0.3 is 0 Å². The molecule has 94 valence electrons. The van der Waals surface area contributed by atoms with E-state index in [4.69, 9.17) is 5.73 Å². The highest BCUT2D eigenvalue weighted by Crippen LogP contribution is 2.26. The first-order chi connectivity index (χ1) is 8.74. The summed E-state index contributed by atoms with van der Waals surface area (Å²) in [6.45, 7) is 2.74. The topological polar surface area (TPSA) is 29.3 Å². The SMILES string of the molecule is Cc1ccccc1C(CN)N(C)c1ccccc1. The maximum atomic E-state index is 5.97. The van der Waals surface area contributed by atoms with E-state index in [1.165, 1.54) is 16.8 Å². The van der Waals surface area contributed by atoms with E-state index in [2.05, 4.69) is 67.4 Å². The Morgan fingerprint density at radius 1 is 1.00 bits per heavy atom. The van der Waals surface area contributed by atoms with Crippen LogP contribution in [0.3, 0.4) is 0 Å². The van der Waals surface area contributed by atoms with Crippen molar-refractivity contribution >= 4 is 5.69 Å². The van der Waals surface area contributed by atoms with Crippen molar-refractivity contribution in [2.75, 3.05) is 18.5 Å². The molecule has 1 unspecified atom stereocenters. The minimum absolute atomic E-state index is 0.216. The summed E-state index contributed by atoms with van der Waals surface area (Å²) in [6, 6.07) is 19.0. The second-order valence-electron chi connectivity index (χ2n) is 4.55. The molecule has 2 heteroatoms. The van der Waals surface area contributed by atoms with Crippen LogP contribution in [0, 0.1) is 6.92 Å². The van der Waals surface area contributed by atoms with Crippen LogP contribution in [0.1, 0.15) is 17.2 Å². The number of likely N-dealkylation sites (N-methyl/N-ethyl adjacent to an activating group) is 1. The third kappa shape index (κ3) is 2.54. The largest absolute Gasteiger partial charge is 0.366 e. The summed E-state index contributed by atoms with van der Waals surface area (Å²) < 4.78 is 0. The molecule has 18 heavy (non-hydrogen) atoms. The van der Waals surface area contributed by atoms with E-state index in [1.54, 1.807) is 0 Å². The smallest absolute Gasteiger partial charge is 0.0664 e. The molecule has 0 radical (unpaired) electrons. The first-order valence-corrected chi connectivity index (χ1v) is 6.27. The molecule has 0 amide bonds. The molecule has 0 spiro atoms. The zero-order chi connectivity index (χ0) is 13.0. The van der Waals surface area contributed by atoms with Crippen molar-refractivity contribution in [3.63, 3.8) is 0 Å². The fourth-order valence-corrected chi connectivity index (χ4v) is 2.30. The molecule has 2 aromatic rings. The number of benzene rings is 2. The Morgan fingerprint density at radius 3 is 2.22 bits per heavy atom. The summed E-state index contributed by atoms with van der Waals surface area (Å²) in [5, 5.41) is 0. The van der Waals surface area contributed by atoms with Gasteiger partial charge in [-0.25, -0.2) is 0 Å². The van der Waals surface area contributed by atoms with Crippen LogP contribution in [0.4, 0.5) is 5.69 Å². The molecule has 2 N–H and O–H groups in total. The molecule has 0 aliphatic heterocycles. The summed E-state index contributed by atoms with van der Waals surface area (Å²) in [6.07, 6.45) is 0. The predicted molar refractivity (Wildman–Crippen MR) is 77.8 cm³/mol. The molecule has 2 aromatic carbocycles. The van der Waals surface area contributed by atoms with Crippen LogP contribution in [0.25, 0.3) is 0 Å². The fraction of sp³-hybridized carbons (Fsp3) is 0.250. The van der Waals surface area contributed by atoms with E-state index >= 15 is 0 Å². The highest BCUT2D eigenvalue weighted by atomic mass is 15.1. The van der Waals surface area contributed by atoms with Crippen molar-refractivity contribution in [2.45, 2.75) is 13.0 Å². The van der Waals surface area contributed by atoms with Crippen LogP contribution in [-0.2, 0) is 0 Å². The molecule has 0 saturated heterocycles. The Balaban J connectivity index is 2.32. The van der Waals surface area contributed by atoms with Crippen molar-refractivity contribution < 1.29 is 0 Å². The van der Waals surface area contributed by atoms with E-state index in [-0.39, 0.29) is 6.04 Å². The number of aryl methyl sites for hydroxylation is 1. The van der Waals surface area contributed by atoms with Gasteiger partial charge in [-0.2, -0.15) is 0 Å². The Labute approximate surface area is 109 Å². The average molecular weight is 240 g/mol. The molecule has 0 heterocycles. The van der Waals surface area contributed by atoms with Gasteiger partial charge in [0.1, 0.15) is 0 Å². The van der Waals surface area contributed by atoms with Gasteiger partial charge in [-0.05, 0) is 30.2 Å². The van der Waals surface area contributed by atoms with Gasteiger partial charge < -0.3 is 10.6 Å². The lowest BCUT2D eigenvalue weighted by Crippen LogP contribution is -2.30. The second kappa shape index (κ2) is 5.69. The van der Waals surface area contributed by atoms with E-state index < -0.39 is 0 Å². The van der Waals surface area contributed by atoms with Gasteiger partial charge in [0.25, 0.3) is 0 Å². The Kier molecular flexibility index (Phi) is 4.00. The molecule has 1 atom stereocenters. The number of anilines is 1. The molecule has 0 aliphatic rings. The summed E-state index contributed by atoms with van der Waals surface area (Å²) >= 11 is 0. The number of nitrogens with zero attached hydrogens (tertiary/aromatic N) is 1. The minimum Gasteiger partial charge on any atom is -0.366 e. The van der Waals surface area contributed by atoms with E-state index in [9.17, 15) is 0 Å². The van der Waals surface area contributed by atoms with Gasteiger partial charge in [0, 0.05) is 19.3 Å². The van der Waals surface area contributed by atoms with Crippen LogP contribution in [0.15, 0.2) is 54.6 Å². The third-order valence-corrected chi connectivity index (χ3v) is 3.40. The molecule has 0 saturated carbocycles. The molecule has 0 aromatic heterocycles. The zero-order valence-electron chi connectivity index (χ0n) is 11.0. The van der Waals surface area contributed by atoms with E-state index in [0.717, 1.165) is 0 Å². The van der Waals surface area contributed by atoms with Crippen LogP contribution >= 0.6 is 0 Å². The van der Waals surface area contributed by atoms with Gasteiger partial charge in [0.2, 0.25) is 0 Å². The molecule has 0 fully saturated rings. The summed E-state index contributed by atoms with van der Waals surface area (Å²) in [7, 11) is 2.10. The number of para-hydroxylation sites is 1. The Bertz CT molecular complexity index is 493. The predicted octanol–water partition coefficient (Wildman–Crippen LogP) is 3.13. The standard InChI is InChI=1S/C16H20N2/c1-13-8-6-7-11-15(13)16(12-17)18(2)14-9-4-3-5-10-14/h3-11,16H,12,17H2,1-2H3. The van der Waals surface area contributed by atoms with Crippen LogP contribution < -0.4 is 10.6 Å². The molecular weight excluding hydrogens is 220 g/mol. The minimum atomic E-state index is 0.216. The van der Waals surface area contributed by atoms with Crippen LogP contribution in [0.5, 0.6) is 0 Å². The maximum Gasteiger partial charge on any atom is 0.0664 e. The van der Waals surface area contributed by atoms with E-state index in [0.29, 0.717) is 6.54 Å². The summed E-state index contributed by atoms with van der Waals surface area (Å²) in [5.41, 5.74) is 9.75. The lowest BCUT2D eigenvalue weighted by Gasteiger charge is -2.30. The highest BCUT2D eigenvalue weighted by Gasteiger charge is 2.17. The summed E-state index contributed by atoms with van der Waals surface area (Å²) in [5.74, 6) is 0. The average Bonchev–Trinajstić information content (AvgIpc) is 2.42. The fourth-order valence-electron chi connectivity index (χ4n) is 2.30. The van der Waals surface area contributed by atoms with Crippen molar-refractivity contribution in [1.82, 2.24) is 0 Å². The first kappa shape index (κ1) is 12.7. The number of hydrogen-bond donors (Lipinski definition) is 1. The van der Waals surface area contributed by atoms with Crippen molar-refractivity contribution in [3.8, 4) is 0 Å². The quantitative estimate of drug-likeness (QED) is 0.889. The molecule has 2 rings (SSSR count). The number of nitrogens with two attached hydrogens (primary N) is 1. The summed E-state index contributed by atoms with van der Waals surface area (Å²) in [4.78, 5) is 2.24. The van der Waals surface area contributed by atoms with Crippen molar-refractivity contribution in [1.29, 1.82) is 0 Å². The van der Waals surface area contributed by atoms with Gasteiger partial charge in [-0.1, -0.05) is 42.5 Å². The lowest BCUT2D eigenvalue weighted by molar-refractivity contribution is 0.676. The van der Waals surface area contributed by atoms with Crippen LogP contribution in [0.2, 0.25) is 0 Å². The normalized spacial score (nSPS) is 12.2. The molecule has 0 aliphatic carbocycles. The molecule has 0 bridgehead atoms. The Hall–Kier alpha value is -1.80. The van der Waals surface area contributed by atoms with Crippen molar-refractivity contribution in [2.24, 2.45) is 5.73 Å². The van der Waals surface area contributed by atoms with Gasteiger partial charge in [0.05, 0.1) is 6.04 Å². The second-order valence-corrected chi connectivity index (χ2v) is 4.55. The van der Waals surface area contributed by atoms with Gasteiger partial charge in [-0.15, -0.1) is 0 Å². The first-order valence-electron chi connectivity index (χ1n) is 6.27. The molecular formula is C16H20N2. The van der Waals surface area contributed by atoms with Crippen LogP contribution in [-0.4, -0.2) is 13.6 Å². The van der Waals surface area contributed by atoms with Gasteiger partial charge in [-0.3, -0.25) is 0 Å². The van der Waals surface area contributed by atoms with Crippen molar-refractivity contribution in [3.05, 3.63) is 65.7 Å². The number of hydrogen-bond acceptors (Lipinski definition) is 2. The zero-order valence-corrected chi connectivity index (χ0v) is 11.0. The highest BCUT2D eigenvalue weighted by molar-refractivity contribution is 5.49. The third-order valence-electron chi connectivity index (χ3n) is 3.40. The van der Waals surface area contributed by atoms with Gasteiger partial charge in [0.15, 0.2) is 0 Å². The Morgan fingerprint density at radius 2 is 1.61 bits per heavy atom. The molecule has 2 nitrogen and oxygen atoms in total. The lowest BCUT2D eigenvalue weighted by atomic mass is 10.00.